The minimum atomic E-state index is -0.315. The molecule has 1 aliphatic carbocycles. The van der Waals surface area contributed by atoms with Gasteiger partial charge in [-0.15, -0.1) is 0 Å². The van der Waals surface area contributed by atoms with E-state index < -0.39 is 0 Å². The number of nitrogens with zero attached hydrogens (tertiary/aromatic N) is 5. The van der Waals surface area contributed by atoms with E-state index in [1.165, 1.54) is 6.42 Å². The van der Waals surface area contributed by atoms with Gasteiger partial charge in [0, 0.05) is 49.8 Å². The van der Waals surface area contributed by atoms with Gasteiger partial charge in [0.25, 0.3) is 0 Å². The standard InChI is InChI=1S/C28H33N7O/c1-3-13-34-14-16-35(17-15-34)24-8-7-23(19-25(24)36-2)32-27-30-12-9-26(33-27)31-22-6-4-5-21(18-22)28(20-29)10-11-28/h4-9,12,18-19H,3,10-11,13-17H2,1-2H3,(H2,30,31,32,33). The summed E-state index contributed by atoms with van der Waals surface area (Å²) < 4.78 is 5.74. The fourth-order valence-corrected chi connectivity index (χ4v) is 4.80. The molecule has 2 aromatic carbocycles. The topological polar surface area (TPSA) is 89.3 Å². The van der Waals surface area contributed by atoms with Crippen LogP contribution in [0.1, 0.15) is 31.7 Å². The predicted molar refractivity (Wildman–Crippen MR) is 144 cm³/mol. The normalized spacial score (nSPS) is 16.8. The summed E-state index contributed by atoms with van der Waals surface area (Å²) >= 11 is 0. The molecule has 2 heterocycles. The predicted octanol–water partition coefficient (Wildman–Crippen LogP) is 5.06. The number of ether oxygens (including phenoxy) is 1. The molecule has 8 nitrogen and oxygen atoms in total. The van der Waals surface area contributed by atoms with Crippen molar-refractivity contribution in [2.75, 3.05) is 55.4 Å². The Balaban J connectivity index is 1.26. The second-order valence-electron chi connectivity index (χ2n) is 9.51. The number of hydrogen-bond acceptors (Lipinski definition) is 8. The molecule has 5 rings (SSSR count). The summed E-state index contributed by atoms with van der Waals surface area (Å²) in [7, 11) is 1.71. The number of aromatic nitrogens is 2. The van der Waals surface area contributed by atoms with Gasteiger partial charge < -0.3 is 20.3 Å². The quantitative estimate of drug-likeness (QED) is 0.437. The van der Waals surface area contributed by atoms with Crippen LogP contribution in [-0.4, -0.2) is 54.7 Å². The van der Waals surface area contributed by atoms with Gasteiger partial charge in [0.15, 0.2) is 0 Å². The maximum absolute atomic E-state index is 9.51. The van der Waals surface area contributed by atoms with Crippen LogP contribution >= 0.6 is 0 Å². The highest BCUT2D eigenvalue weighted by atomic mass is 16.5. The van der Waals surface area contributed by atoms with E-state index >= 15 is 0 Å². The van der Waals surface area contributed by atoms with Gasteiger partial charge in [0.05, 0.1) is 24.3 Å². The van der Waals surface area contributed by atoms with Crippen LogP contribution in [0.5, 0.6) is 5.75 Å². The Morgan fingerprint density at radius 1 is 1.03 bits per heavy atom. The number of methoxy groups -OCH3 is 1. The third kappa shape index (κ3) is 5.21. The molecule has 36 heavy (non-hydrogen) atoms. The highest BCUT2D eigenvalue weighted by Crippen LogP contribution is 2.48. The van der Waals surface area contributed by atoms with E-state index in [1.54, 1.807) is 13.3 Å². The Bertz CT molecular complexity index is 1240. The third-order valence-electron chi connectivity index (χ3n) is 7.00. The maximum Gasteiger partial charge on any atom is 0.229 e. The summed E-state index contributed by atoms with van der Waals surface area (Å²) in [5.74, 6) is 2.01. The van der Waals surface area contributed by atoms with Crippen LogP contribution in [0.3, 0.4) is 0 Å². The Morgan fingerprint density at radius 2 is 1.83 bits per heavy atom. The Morgan fingerprint density at radius 3 is 2.56 bits per heavy atom. The third-order valence-corrected chi connectivity index (χ3v) is 7.00. The van der Waals surface area contributed by atoms with Gasteiger partial charge in [0.1, 0.15) is 11.6 Å². The number of rotatable bonds is 9. The molecule has 186 valence electrons. The van der Waals surface area contributed by atoms with Crippen LogP contribution < -0.4 is 20.3 Å². The summed E-state index contributed by atoms with van der Waals surface area (Å²) in [5, 5.41) is 16.2. The molecular weight excluding hydrogens is 450 g/mol. The van der Waals surface area contributed by atoms with Crippen molar-refractivity contribution in [2.45, 2.75) is 31.6 Å². The van der Waals surface area contributed by atoms with E-state index in [1.807, 2.05) is 42.5 Å². The van der Waals surface area contributed by atoms with Crippen molar-refractivity contribution < 1.29 is 4.74 Å². The number of anilines is 5. The van der Waals surface area contributed by atoms with Crippen molar-refractivity contribution in [1.82, 2.24) is 14.9 Å². The molecule has 2 fully saturated rings. The van der Waals surface area contributed by atoms with E-state index in [-0.39, 0.29) is 5.41 Å². The zero-order chi connectivity index (χ0) is 25.0. The maximum atomic E-state index is 9.51. The summed E-state index contributed by atoms with van der Waals surface area (Å²) in [5.41, 5.74) is 3.63. The molecule has 0 unspecified atom stereocenters. The van der Waals surface area contributed by atoms with Gasteiger partial charge in [-0.05, 0) is 61.7 Å². The van der Waals surface area contributed by atoms with Gasteiger partial charge in [0.2, 0.25) is 5.95 Å². The number of nitriles is 1. The van der Waals surface area contributed by atoms with Crippen molar-refractivity contribution in [1.29, 1.82) is 5.26 Å². The average Bonchev–Trinajstić information content (AvgIpc) is 3.71. The highest BCUT2D eigenvalue weighted by Gasteiger charge is 2.44. The Labute approximate surface area is 212 Å². The molecular formula is C28H33N7O. The van der Waals surface area contributed by atoms with Crippen LogP contribution in [0.4, 0.5) is 28.8 Å². The lowest BCUT2D eigenvalue weighted by molar-refractivity contribution is 0.257. The van der Waals surface area contributed by atoms with Crippen molar-refractivity contribution in [2.24, 2.45) is 0 Å². The number of piperazine rings is 1. The largest absolute Gasteiger partial charge is 0.495 e. The van der Waals surface area contributed by atoms with E-state index in [9.17, 15) is 5.26 Å². The number of nitrogens with one attached hydrogen (secondary N) is 2. The first-order valence-corrected chi connectivity index (χ1v) is 12.7. The van der Waals surface area contributed by atoms with Crippen molar-refractivity contribution in [3.63, 3.8) is 0 Å². The molecule has 3 aromatic rings. The van der Waals surface area contributed by atoms with Crippen molar-refractivity contribution >= 4 is 28.8 Å². The molecule has 1 aliphatic heterocycles. The SMILES string of the molecule is CCCN1CCN(c2ccc(Nc3nccc(Nc4cccc(C5(C#N)CC5)c4)n3)cc2OC)CC1. The molecule has 0 bridgehead atoms. The minimum absolute atomic E-state index is 0.315. The molecule has 1 saturated carbocycles. The first-order valence-electron chi connectivity index (χ1n) is 12.7. The van der Waals surface area contributed by atoms with Gasteiger partial charge >= 0.3 is 0 Å². The van der Waals surface area contributed by atoms with Crippen LogP contribution in [0.15, 0.2) is 54.7 Å². The van der Waals surface area contributed by atoms with Gasteiger partial charge in [-0.2, -0.15) is 10.2 Å². The van der Waals surface area contributed by atoms with Crippen LogP contribution in [-0.2, 0) is 5.41 Å². The zero-order valence-electron chi connectivity index (χ0n) is 21.0. The smallest absolute Gasteiger partial charge is 0.229 e. The molecule has 0 atom stereocenters. The van der Waals surface area contributed by atoms with Gasteiger partial charge in [-0.25, -0.2) is 4.98 Å². The van der Waals surface area contributed by atoms with Crippen molar-refractivity contribution in [3.05, 3.63) is 60.3 Å². The monoisotopic (exact) mass is 483 g/mol. The molecule has 1 aromatic heterocycles. The fourth-order valence-electron chi connectivity index (χ4n) is 4.80. The summed E-state index contributed by atoms with van der Waals surface area (Å²) in [6, 6.07) is 18.5. The second kappa shape index (κ2) is 10.4. The second-order valence-corrected chi connectivity index (χ2v) is 9.51. The summed E-state index contributed by atoms with van der Waals surface area (Å²) in [6.07, 6.45) is 4.76. The first kappa shape index (κ1) is 23.9. The molecule has 0 radical (unpaired) electrons. The van der Waals surface area contributed by atoms with E-state index in [0.29, 0.717) is 11.8 Å². The number of benzene rings is 2. The first-order chi connectivity index (χ1) is 17.6. The zero-order valence-corrected chi connectivity index (χ0v) is 21.0. The van der Waals surface area contributed by atoms with Crippen LogP contribution in [0.25, 0.3) is 0 Å². The van der Waals surface area contributed by atoms with E-state index in [4.69, 9.17) is 4.74 Å². The van der Waals surface area contributed by atoms with Gasteiger partial charge in [-0.3, -0.25) is 4.90 Å². The molecule has 0 amide bonds. The molecule has 0 spiro atoms. The minimum Gasteiger partial charge on any atom is -0.495 e. The highest BCUT2D eigenvalue weighted by molar-refractivity contribution is 5.68. The average molecular weight is 484 g/mol. The van der Waals surface area contributed by atoms with Gasteiger partial charge in [-0.1, -0.05) is 19.1 Å². The van der Waals surface area contributed by atoms with E-state index in [2.05, 4.69) is 49.5 Å². The molecule has 8 heteroatoms. The lowest BCUT2D eigenvalue weighted by Gasteiger charge is -2.36. The van der Waals surface area contributed by atoms with Crippen LogP contribution in [0, 0.1) is 11.3 Å². The van der Waals surface area contributed by atoms with Crippen molar-refractivity contribution in [3.8, 4) is 11.8 Å². The summed E-state index contributed by atoms with van der Waals surface area (Å²) in [6.45, 7) is 7.53. The van der Waals surface area contributed by atoms with Crippen LogP contribution in [0.2, 0.25) is 0 Å². The Kier molecular flexibility index (Phi) is 6.92. The lowest BCUT2D eigenvalue weighted by atomic mass is 9.97. The fraction of sp³-hybridized carbons (Fsp3) is 0.393. The number of hydrogen-bond donors (Lipinski definition) is 2. The Hall–Kier alpha value is -3.83. The molecule has 2 N–H and O–H groups in total. The molecule has 2 aliphatic rings. The molecule has 1 saturated heterocycles. The lowest BCUT2D eigenvalue weighted by Crippen LogP contribution is -2.46. The summed E-state index contributed by atoms with van der Waals surface area (Å²) in [4.78, 5) is 13.9. The van der Waals surface area contributed by atoms with E-state index in [0.717, 1.165) is 73.9 Å².